The van der Waals surface area contributed by atoms with Crippen molar-refractivity contribution in [3.05, 3.63) is 34.2 Å². The molecule has 0 aliphatic heterocycles. The largest absolute Gasteiger partial charge is 0.477 e. The van der Waals surface area contributed by atoms with Crippen LogP contribution in [0.4, 0.5) is 0 Å². The average molecular weight is 248 g/mol. The molecule has 1 rings (SSSR count). The summed E-state index contributed by atoms with van der Waals surface area (Å²) in [5.41, 5.74) is -1.15. The van der Waals surface area contributed by atoms with Crippen LogP contribution in [0.5, 0.6) is 0 Å². The number of hydrogen-bond acceptors (Lipinski definition) is 3. The fourth-order valence-electron chi connectivity index (χ4n) is 1.62. The lowest BCUT2D eigenvalue weighted by Crippen LogP contribution is -2.26. The summed E-state index contributed by atoms with van der Waals surface area (Å²) >= 11 is 0. The molecule has 5 heteroatoms. The lowest BCUT2D eigenvalue weighted by atomic mass is 9.90. The van der Waals surface area contributed by atoms with Crippen molar-refractivity contribution in [3.63, 3.8) is 0 Å². The van der Waals surface area contributed by atoms with Crippen LogP contribution in [0.2, 0.25) is 0 Å². The molecule has 0 aliphatic rings. The van der Waals surface area contributed by atoms with E-state index in [4.69, 9.17) is 10.4 Å². The monoisotopic (exact) mass is 248 g/mol. The molecular formula is C13H16N2O3. The van der Waals surface area contributed by atoms with Crippen molar-refractivity contribution in [2.45, 2.75) is 33.2 Å². The van der Waals surface area contributed by atoms with Gasteiger partial charge in [0.25, 0.3) is 5.56 Å². The second-order valence-electron chi connectivity index (χ2n) is 4.82. The van der Waals surface area contributed by atoms with Crippen LogP contribution in [0.15, 0.2) is 23.1 Å². The first kappa shape index (κ1) is 14.0. The zero-order valence-electron chi connectivity index (χ0n) is 10.5. The Bertz CT molecular complexity index is 538. The smallest absolute Gasteiger partial charge is 0.341 e. The maximum absolute atomic E-state index is 11.8. The third-order valence-electron chi connectivity index (χ3n) is 2.75. The Hall–Kier alpha value is -2.09. The minimum Gasteiger partial charge on any atom is -0.477 e. The van der Waals surface area contributed by atoms with Crippen LogP contribution >= 0.6 is 0 Å². The van der Waals surface area contributed by atoms with Crippen LogP contribution in [-0.2, 0) is 6.54 Å². The van der Waals surface area contributed by atoms with Crippen molar-refractivity contribution in [3.8, 4) is 6.07 Å². The topological polar surface area (TPSA) is 83.1 Å². The molecule has 0 bridgehead atoms. The first-order valence-electron chi connectivity index (χ1n) is 5.71. The minimum absolute atomic E-state index is 0.225. The van der Waals surface area contributed by atoms with Gasteiger partial charge < -0.3 is 9.67 Å². The van der Waals surface area contributed by atoms with Gasteiger partial charge in [0, 0.05) is 12.7 Å². The first-order chi connectivity index (χ1) is 8.37. The van der Waals surface area contributed by atoms with E-state index in [0.717, 1.165) is 0 Å². The SMILES string of the molecule is CC(C)(C#N)CCCn1cccc(C(=O)O)c1=O. The van der Waals surface area contributed by atoms with Gasteiger partial charge in [-0.05, 0) is 38.8 Å². The molecule has 0 spiro atoms. The number of carbonyl (C=O) groups is 1. The van der Waals surface area contributed by atoms with Crippen molar-refractivity contribution >= 4 is 5.97 Å². The van der Waals surface area contributed by atoms with Crippen LogP contribution in [0.1, 0.15) is 37.0 Å². The summed E-state index contributed by atoms with van der Waals surface area (Å²) in [5.74, 6) is -1.22. The summed E-state index contributed by atoms with van der Waals surface area (Å²) in [6, 6.07) is 5.02. The van der Waals surface area contributed by atoms with Gasteiger partial charge in [0.2, 0.25) is 0 Å². The average Bonchev–Trinajstić information content (AvgIpc) is 2.31. The molecule has 0 fully saturated rings. The molecule has 0 saturated heterocycles. The van der Waals surface area contributed by atoms with E-state index in [9.17, 15) is 9.59 Å². The van der Waals surface area contributed by atoms with E-state index in [-0.39, 0.29) is 5.56 Å². The van der Waals surface area contributed by atoms with Crippen molar-refractivity contribution < 1.29 is 9.90 Å². The van der Waals surface area contributed by atoms with Crippen molar-refractivity contribution in [2.75, 3.05) is 0 Å². The van der Waals surface area contributed by atoms with Gasteiger partial charge in [0.15, 0.2) is 0 Å². The zero-order chi connectivity index (χ0) is 13.8. The van der Waals surface area contributed by atoms with E-state index in [2.05, 4.69) is 6.07 Å². The molecule has 1 N–H and O–H groups in total. The second-order valence-corrected chi connectivity index (χ2v) is 4.82. The maximum atomic E-state index is 11.8. The van der Waals surface area contributed by atoms with E-state index in [1.54, 1.807) is 12.3 Å². The Kier molecular flexibility index (Phi) is 4.27. The van der Waals surface area contributed by atoms with Crippen molar-refractivity contribution in [1.82, 2.24) is 4.57 Å². The quantitative estimate of drug-likeness (QED) is 0.862. The first-order valence-corrected chi connectivity index (χ1v) is 5.71. The van der Waals surface area contributed by atoms with Crippen LogP contribution < -0.4 is 5.56 Å². The fourth-order valence-corrected chi connectivity index (χ4v) is 1.62. The van der Waals surface area contributed by atoms with Crippen LogP contribution in [0, 0.1) is 16.7 Å². The summed E-state index contributed by atoms with van der Waals surface area (Å²) in [6.45, 7) is 4.10. The highest BCUT2D eigenvalue weighted by molar-refractivity contribution is 5.86. The van der Waals surface area contributed by atoms with Gasteiger partial charge in [-0.2, -0.15) is 5.26 Å². The molecule has 1 aromatic rings. The van der Waals surface area contributed by atoms with E-state index in [0.29, 0.717) is 19.4 Å². The van der Waals surface area contributed by atoms with Gasteiger partial charge in [0.05, 0.1) is 11.5 Å². The predicted octanol–water partition coefficient (Wildman–Crippen LogP) is 1.88. The van der Waals surface area contributed by atoms with Crippen molar-refractivity contribution in [2.24, 2.45) is 5.41 Å². The highest BCUT2D eigenvalue weighted by atomic mass is 16.4. The number of pyridine rings is 1. The number of aromatic nitrogens is 1. The summed E-state index contributed by atoms with van der Waals surface area (Å²) in [7, 11) is 0. The molecule has 0 atom stereocenters. The van der Waals surface area contributed by atoms with E-state index >= 15 is 0 Å². The Labute approximate surface area is 105 Å². The highest BCUT2D eigenvalue weighted by Gasteiger charge is 2.16. The van der Waals surface area contributed by atoms with Gasteiger partial charge in [-0.15, -0.1) is 0 Å². The lowest BCUT2D eigenvalue weighted by molar-refractivity contribution is 0.0694. The number of rotatable bonds is 5. The maximum Gasteiger partial charge on any atom is 0.341 e. The number of hydrogen-bond donors (Lipinski definition) is 1. The third-order valence-corrected chi connectivity index (χ3v) is 2.75. The van der Waals surface area contributed by atoms with Crippen molar-refractivity contribution in [1.29, 1.82) is 5.26 Å². The molecule has 0 radical (unpaired) electrons. The number of nitriles is 1. The molecule has 0 aliphatic carbocycles. The normalized spacial score (nSPS) is 10.9. The van der Waals surface area contributed by atoms with Crippen LogP contribution in [-0.4, -0.2) is 15.6 Å². The number of carboxylic acids is 1. The number of nitrogens with zero attached hydrogens (tertiary/aromatic N) is 2. The summed E-state index contributed by atoms with van der Waals surface area (Å²) in [6.07, 6.45) is 2.88. The van der Waals surface area contributed by atoms with Gasteiger partial charge in [-0.1, -0.05) is 0 Å². The second kappa shape index (κ2) is 5.50. The van der Waals surface area contributed by atoms with E-state index in [1.165, 1.54) is 10.6 Å². The van der Waals surface area contributed by atoms with E-state index in [1.807, 2.05) is 13.8 Å². The number of carboxylic acid groups (broad SMARTS) is 1. The minimum atomic E-state index is -1.22. The fraction of sp³-hybridized carbons (Fsp3) is 0.462. The van der Waals surface area contributed by atoms with E-state index < -0.39 is 16.9 Å². The molecular weight excluding hydrogens is 232 g/mol. The number of aryl methyl sites for hydroxylation is 1. The molecule has 0 unspecified atom stereocenters. The summed E-state index contributed by atoms with van der Waals surface area (Å²) < 4.78 is 1.37. The summed E-state index contributed by atoms with van der Waals surface area (Å²) in [5, 5.41) is 17.7. The van der Waals surface area contributed by atoms with Gasteiger partial charge >= 0.3 is 5.97 Å². The molecule has 0 saturated carbocycles. The Morgan fingerprint density at radius 1 is 1.56 bits per heavy atom. The Morgan fingerprint density at radius 3 is 2.78 bits per heavy atom. The standard InChI is InChI=1S/C13H16N2O3/c1-13(2,9-14)6-4-8-15-7-3-5-10(11(15)16)12(17)18/h3,5,7H,4,6,8H2,1-2H3,(H,17,18). The Balaban J connectivity index is 2.76. The molecule has 0 aromatic carbocycles. The molecule has 96 valence electrons. The Morgan fingerprint density at radius 2 is 2.22 bits per heavy atom. The molecule has 5 nitrogen and oxygen atoms in total. The van der Waals surface area contributed by atoms with Crippen LogP contribution in [0.25, 0.3) is 0 Å². The number of aromatic carboxylic acids is 1. The molecule has 0 amide bonds. The molecule has 1 aromatic heterocycles. The molecule has 1 heterocycles. The van der Waals surface area contributed by atoms with Gasteiger partial charge in [0.1, 0.15) is 5.56 Å². The zero-order valence-corrected chi connectivity index (χ0v) is 10.5. The highest BCUT2D eigenvalue weighted by Crippen LogP contribution is 2.20. The van der Waals surface area contributed by atoms with Gasteiger partial charge in [-0.3, -0.25) is 4.79 Å². The van der Waals surface area contributed by atoms with Gasteiger partial charge in [-0.25, -0.2) is 4.79 Å². The summed E-state index contributed by atoms with van der Waals surface area (Å²) in [4.78, 5) is 22.5. The predicted molar refractivity (Wildman–Crippen MR) is 66.3 cm³/mol. The van der Waals surface area contributed by atoms with Crippen LogP contribution in [0.3, 0.4) is 0 Å². The lowest BCUT2D eigenvalue weighted by Gasteiger charge is -2.15. The molecule has 18 heavy (non-hydrogen) atoms. The third kappa shape index (κ3) is 3.45.